The third-order valence-electron chi connectivity index (χ3n) is 3.77. The highest BCUT2D eigenvalue weighted by atomic mass is 16.5. The fraction of sp³-hybridized carbons (Fsp3) is 0.600. The van der Waals surface area contributed by atoms with Crippen LogP contribution in [0.1, 0.15) is 24.8 Å². The molecule has 100 valence electrons. The van der Waals surface area contributed by atoms with E-state index < -0.39 is 0 Å². The average Bonchev–Trinajstić information content (AvgIpc) is 2.46. The normalized spacial score (nSPS) is 16.6. The summed E-state index contributed by atoms with van der Waals surface area (Å²) in [7, 11) is 3.41. The maximum absolute atomic E-state index is 5.44. The van der Waals surface area contributed by atoms with Gasteiger partial charge in [0.25, 0.3) is 0 Å². The number of methoxy groups -OCH3 is 2. The van der Waals surface area contributed by atoms with Gasteiger partial charge in [-0.25, -0.2) is 0 Å². The van der Waals surface area contributed by atoms with Crippen molar-refractivity contribution in [2.75, 3.05) is 27.3 Å². The van der Waals surface area contributed by atoms with Gasteiger partial charge in [0.05, 0.1) is 14.2 Å². The van der Waals surface area contributed by atoms with Crippen LogP contribution < -0.4 is 14.8 Å². The van der Waals surface area contributed by atoms with Gasteiger partial charge in [0.1, 0.15) is 11.5 Å². The number of benzene rings is 1. The van der Waals surface area contributed by atoms with Crippen molar-refractivity contribution in [1.82, 2.24) is 5.32 Å². The Morgan fingerprint density at radius 1 is 1.17 bits per heavy atom. The zero-order chi connectivity index (χ0) is 12.8. The Morgan fingerprint density at radius 2 is 1.94 bits per heavy atom. The standard InChI is InChI=1S/C15H23NO2/c1-17-14-6-5-13(15(11-14)18-2)4-3-12-7-9-16-10-8-12/h5-6,11-12,16H,3-4,7-10H2,1-2H3. The molecule has 1 aromatic carbocycles. The van der Waals surface area contributed by atoms with Gasteiger partial charge in [-0.1, -0.05) is 6.07 Å². The van der Waals surface area contributed by atoms with Crippen molar-refractivity contribution < 1.29 is 9.47 Å². The molecule has 0 radical (unpaired) electrons. The Bertz CT molecular complexity index is 373. The molecule has 0 bridgehead atoms. The van der Waals surface area contributed by atoms with E-state index in [4.69, 9.17) is 9.47 Å². The molecule has 18 heavy (non-hydrogen) atoms. The lowest BCUT2D eigenvalue weighted by atomic mass is 9.91. The van der Waals surface area contributed by atoms with Crippen LogP contribution in [0.15, 0.2) is 18.2 Å². The van der Waals surface area contributed by atoms with Gasteiger partial charge in [-0.15, -0.1) is 0 Å². The lowest BCUT2D eigenvalue weighted by Gasteiger charge is -2.22. The fourth-order valence-corrected chi connectivity index (χ4v) is 2.59. The van der Waals surface area contributed by atoms with Gasteiger partial charge in [0.15, 0.2) is 0 Å². The first-order chi connectivity index (χ1) is 8.83. The van der Waals surface area contributed by atoms with E-state index in [1.807, 2.05) is 12.1 Å². The highest BCUT2D eigenvalue weighted by Gasteiger charge is 2.14. The van der Waals surface area contributed by atoms with Crippen LogP contribution in [-0.2, 0) is 6.42 Å². The predicted octanol–water partition coefficient (Wildman–Crippen LogP) is 2.64. The second-order valence-corrected chi connectivity index (χ2v) is 4.91. The maximum Gasteiger partial charge on any atom is 0.125 e. The van der Waals surface area contributed by atoms with E-state index in [1.165, 1.54) is 37.9 Å². The minimum absolute atomic E-state index is 0.859. The first-order valence-corrected chi connectivity index (χ1v) is 6.75. The summed E-state index contributed by atoms with van der Waals surface area (Å²) in [5.41, 5.74) is 1.29. The lowest BCUT2D eigenvalue weighted by molar-refractivity contribution is 0.350. The third kappa shape index (κ3) is 3.39. The third-order valence-corrected chi connectivity index (χ3v) is 3.77. The molecule has 0 unspecified atom stereocenters. The molecule has 0 atom stereocenters. The zero-order valence-corrected chi connectivity index (χ0v) is 11.4. The second kappa shape index (κ2) is 6.64. The van der Waals surface area contributed by atoms with Crippen molar-refractivity contribution in [1.29, 1.82) is 0 Å². The van der Waals surface area contributed by atoms with Gasteiger partial charge in [0.2, 0.25) is 0 Å². The number of aryl methyl sites for hydroxylation is 1. The molecular weight excluding hydrogens is 226 g/mol. The van der Waals surface area contributed by atoms with Crippen LogP contribution in [-0.4, -0.2) is 27.3 Å². The molecule has 1 aliphatic rings. The van der Waals surface area contributed by atoms with Gasteiger partial charge >= 0.3 is 0 Å². The number of rotatable bonds is 5. The quantitative estimate of drug-likeness (QED) is 0.870. The van der Waals surface area contributed by atoms with Crippen molar-refractivity contribution in [3.05, 3.63) is 23.8 Å². The molecule has 3 heteroatoms. The number of piperidine rings is 1. The fourth-order valence-electron chi connectivity index (χ4n) is 2.59. The number of nitrogens with one attached hydrogen (secondary N) is 1. The molecule has 0 amide bonds. The van der Waals surface area contributed by atoms with E-state index in [2.05, 4.69) is 11.4 Å². The Kier molecular flexibility index (Phi) is 4.88. The van der Waals surface area contributed by atoms with Crippen LogP contribution in [0.4, 0.5) is 0 Å². The summed E-state index contributed by atoms with van der Waals surface area (Å²) in [6.45, 7) is 2.34. The summed E-state index contributed by atoms with van der Waals surface area (Å²) < 4.78 is 10.7. The molecule has 1 fully saturated rings. The maximum atomic E-state index is 5.44. The number of hydrogen-bond acceptors (Lipinski definition) is 3. The van der Waals surface area contributed by atoms with E-state index in [9.17, 15) is 0 Å². The molecule has 1 aliphatic heterocycles. The molecule has 1 heterocycles. The Hall–Kier alpha value is -1.22. The smallest absolute Gasteiger partial charge is 0.125 e. The summed E-state index contributed by atoms with van der Waals surface area (Å²) in [5.74, 6) is 2.67. The molecule has 0 aromatic heterocycles. The molecular formula is C15H23NO2. The summed E-state index contributed by atoms with van der Waals surface area (Å²) in [6, 6.07) is 6.11. The van der Waals surface area contributed by atoms with Crippen LogP contribution in [0.25, 0.3) is 0 Å². The largest absolute Gasteiger partial charge is 0.497 e. The zero-order valence-electron chi connectivity index (χ0n) is 11.4. The van der Waals surface area contributed by atoms with Crippen LogP contribution in [0.2, 0.25) is 0 Å². The predicted molar refractivity (Wildman–Crippen MR) is 73.5 cm³/mol. The SMILES string of the molecule is COc1ccc(CCC2CCNCC2)c(OC)c1. The molecule has 1 N–H and O–H groups in total. The van der Waals surface area contributed by atoms with Crippen molar-refractivity contribution >= 4 is 0 Å². The van der Waals surface area contributed by atoms with Crippen molar-refractivity contribution in [3.63, 3.8) is 0 Å². The average molecular weight is 249 g/mol. The summed E-state index contributed by atoms with van der Waals surface area (Å²) in [6.07, 6.45) is 4.96. The summed E-state index contributed by atoms with van der Waals surface area (Å²) in [4.78, 5) is 0. The minimum Gasteiger partial charge on any atom is -0.497 e. The van der Waals surface area contributed by atoms with Crippen LogP contribution >= 0.6 is 0 Å². The van der Waals surface area contributed by atoms with Gasteiger partial charge in [-0.05, 0) is 56.3 Å². The molecule has 0 spiro atoms. The Balaban J connectivity index is 1.95. The van der Waals surface area contributed by atoms with Crippen LogP contribution in [0.5, 0.6) is 11.5 Å². The van der Waals surface area contributed by atoms with E-state index in [0.717, 1.165) is 23.8 Å². The number of ether oxygens (including phenoxy) is 2. The van der Waals surface area contributed by atoms with Crippen molar-refractivity contribution in [2.24, 2.45) is 5.92 Å². The van der Waals surface area contributed by atoms with Crippen LogP contribution in [0.3, 0.4) is 0 Å². The molecule has 3 nitrogen and oxygen atoms in total. The molecule has 2 rings (SSSR count). The van der Waals surface area contributed by atoms with Gasteiger partial charge in [-0.2, -0.15) is 0 Å². The summed E-state index contributed by atoms with van der Waals surface area (Å²) in [5, 5.41) is 3.41. The molecule has 1 aromatic rings. The highest BCUT2D eigenvalue weighted by molar-refractivity contribution is 5.40. The van der Waals surface area contributed by atoms with E-state index in [0.29, 0.717) is 0 Å². The molecule has 0 saturated carbocycles. The number of hydrogen-bond donors (Lipinski definition) is 1. The van der Waals surface area contributed by atoms with Gasteiger partial charge in [0, 0.05) is 6.07 Å². The molecule has 1 saturated heterocycles. The first kappa shape index (κ1) is 13.2. The van der Waals surface area contributed by atoms with E-state index in [-0.39, 0.29) is 0 Å². The minimum atomic E-state index is 0.859. The van der Waals surface area contributed by atoms with Gasteiger partial charge < -0.3 is 14.8 Å². The van der Waals surface area contributed by atoms with Crippen LogP contribution in [0, 0.1) is 5.92 Å². The van der Waals surface area contributed by atoms with Crippen molar-refractivity contribution in [2.45, 2.75) is 25.7 Å². The van der Waals surface area contributed by atoms with E-state index >= 15 is 0 Å². The first-order valence-electron chi connectivity index (χ1n) is 6.75. The second-order valence-electron chi connectivity index (χ2n) is 4.91. The van der Waals surface area contributed by atoms with Crippen molar-refractivity contribution in [3.8, 4) is 11.5 Å². The van der Waals surface area contributed by atoms with E-state index in [1.54, 1.807) is 14.2 Å². The Morgan fingerprint density at radius 3 is 2.61 bits per heavy atom. The summed E-state index contributed by atoms with van der Waals surface area (Å²) >= 11 is 0. The lowest BCUT2D eigenvalue weighted by Crippen LogP contribution is -2.27. The molecule has 0 aliphatic carbocycles. The topological polar surface area (TPSA) is 30.5 Å². The van der Waals surface area contributed by atoms with Gasteiger partial charge in [-0.3, -0.25) is 0 Å². The Labute approximate surface area is 109 Å². The monoisotopic (exact) mass is 249 g/mol. The highest BCUT2D eigenvalue weighted by Crippen LogP contribution is 2.27.